The lowest BCUT2D eigenvalue weighted by Gasteiger charge is -2.09. The Bertz CT molecular complexity index is 702. The molecule has 2 aromatic carbocycles. The third-order valence-electron chi connectivity index (χ3n) is 4.38. The van der Waals surface area contributed by atoms with Crippen LogP contribution in [-0.2, 0) is 35.0 Å². The van der Waals surface area contributed by atoms with E-state index in [-0.39, 0.29) is 0 Å². The second kappa shape index (κ2) is 19.3. The average Bonchev–Trinajstić information content (AvgIpc) is 2.84. The monoisotopic (exact) mass is 463 g/mol. The highest BCUT2D eigenvalue weighted by Gasteiger charge is 1.98. The molecule has 0 unspecified atom stereocenters. The molecule has 0 atom stereocenters. The van der Waals surface area contributed by atoms with Crippen LogP contribution in [0.25, 0.3) is 0 Å². The number of para-hydroxylation sites is 2. The highest BCUT2D eigenvalue weighted by atomic mass is 16.6. The predicted molar refractivity (Wildman–Crippen MR) is 127 cm³/mol. The SMILES string of the molecule is Nc1ccccc1OCCOCCOCCOCCOCCOCCOCc1ccccc1. The highest BCUT2D eigenvalue weighted by Crippen LogP contribution is 2.19. The van der Waals surface area contributed by atoms with Crippen LogP contribution in [-0.4, -0.2) is 79.3 Å². The third-order valence-corrected chi connectivity index (χ3v) is 4.38. The molecule has 33 heavy (non-hydrogen) atoms. The first-order chi connectivity index (χ1) is 16.4. The number of ether oxygens (including phenoxy) is 7. The number of anilines is 1. The van der Waals surface area contributed by atoms with Crippen molar-refractivity contribution in [1.29, 1.82) is 0 Å². The second-order valence-electron chi connectivity index (χ2n) is 6.99. The Labute approximate surface area is 196 Å². The first-order valence-corrected chi connectivity index (χ1v) is 11.3. The molecule has 184 valence electrons. The summed E-state index contributed by atoms with van der Waals surface area (Å²) in [5.41, 5.74) is 7.59. The fraction of sp³-hybridized carbons (Fsp3) is 0.520. The van der Waals surface area contributed by atoms with Crippen molar-refractivity contribution < 1.29 is 33.2 Å². The van der Waals surface area contributed by atoms with Gasteiger partial charge in [0, 0.05) is 0 Å². The zero-order valence-corrected chi connectivity index (χ0v) is 19.3. The topological polar surface area (TPSA) is 90.6 Å². The van der Waals surface area contributed by atoms with Gasteiger partial charge < -0.3 is 38.9 Å². The van der Waals surface area contributed by atoms with Crippen molar-refractivity contribution >= 4 is 5.69 Å². The maximum atomic E-state index is 5.80. The van der Waals surface area contributed by atoms with E-state index in [9.17, 15) is 0 Å². The quantitative estimate of drug-likeness (QED) is 0.223. The highest BCUT2D eigenvalue weighted by molar-refractivity contribution is 5.51. The summed E-state index contributed by atoms with van der Waals surface area (Å²) in [6.45, 7) is 6.87. The largest absolute Gasteiger partial charge is 0.489 e. The van der Waals surface area contributed by atoms with Crippen molar-refractivity contribution in [3.8, 4) is 5.75 Å². The van der Waals surface area contributed by atoms with Gasteiger partial charge in [-0.15, -0.1) is 0 Å². The molecule has 0 spiro atoms. The van der Waals surface area contributed by atoms with Crippen LogP contribution in [0.1, 0.15) is 5.56 Å². The van der Waals surface area contributed by atoms with E-state index in [0.29, 0.717) is 97.3 Å². The van der Waals surface area contributed by atoms with E-state index in [1.54, 1.807) is 6.07 Å². The van der Waals surface area contributed by atoms with Crippen LogP contribution in [0.2, 0.25) is 0 Å². The van der Waals surface area contributed by atoms with Crippen LogP contribution in [0.15, 0.2) is 54.6 Å². The first-order valence-electron chi connectivity index (χ1n) is 11.3. The summed E-state index contributed by atoms with van der Waals surface area (Å²) in [5.74, 6) is 0.676. The van der Waals surface area contributed by atoms with Gasteiger partial charge in [-0.2, -0.15) is 0 Å². The zero-order chi connectivity index (χ0) is 23.2. The third kappa shape index (κ3) is 14.5. The molecule has 0 aromatic heterocycles. The molecule has 0 saturated carbocycles. The molecule has 2 aromatic rings. The normalized spacial score (nSPS) is 11.0. The summed E-state index contributed by atoms with van der Waals surface area (Å²) in [7, 11) is 0. The van der Waals surface area contributed by atoms with Gasteiger partial charge in [-0.05, 0) is 17.7 Å². The Kier molecular flexibility index (Phi) is 15.8. The lowest BCUT2D eigenvalue weighted by atomic mass is 10.2. The molecule has 0 heterocycles. The van der Waals surface area contributed by atoms with Crippen molar-refractivity contribution in [1.82, 2.24) is 0 Å². The van der Waals surface area contributed by atoms with Gasteiger partial charge in [0.25, 0.3) is 0 Å². The lowest BCUT2D eigenvalue weighted by molar-refractivity contribution is -0.0186. The first kappa shape index (κ1) is 27.0. The molecule has 0 saturated heterocycles. The van der Waals surface area contributed by atoms with E-state index >= 15 is 0 Å². The number of benzene rings is 2. The van der Waals surface area contributed by atoms with Crippen LogP contribution in [0.5, 0.6) is 5.75 Å². The van der Waals surface area contributed by atoms with Crippen LogP contribution < -0.4 is 10.5 Å². The van der Waals surface area contributed by atoms with Gasteiger partial charge in [0.15, 0.2) is 0 Å². The Hall–Kier alpha value is -2.20. The van der Waals surface area contributed by atoms with Crippen molar-refractivity contribution in [2.45, 2.75) is 6.61 Å². The molecule has 0 aliphatic rings. The average molecular weight is 464 g/mol. The maximum Gasteiger partial charge on any atom is 0.142 e. The molecule has 0 bridgehead atoms. The maximum absolute atomic E-state index is 5.80. The number of rotatable bonds is 21. The van der Waals surface area contributed by atoms with E-state index in [1.807, 2.05) is 48.5 Å². The summed E-state index contributed by atoms with van der Waals surface area (Å²) >= 11 is 0. The van der Waals surface area contributed by atoms with Gasteiger partial charge in [0.05, 0.1) is 85.0 Å². The van der Waals surface area contributed by atoms with Crippen molar-refractivity contribution in [2.24, 2.45) is 0 Å². The van der Waals surface area contributed by atoms with Crippen molar-refractivity contribution in [2.75, 3.05) is 85.0 Å². The number of hydrogen-bond acceptors (Lipinski definition) is 8. The molecular weight excluding hydrogens is 426 g/mol. The fourth-order valence-electron chi connectivity index (χ4n) is 2.69. The van der Waals surface area contributed by atoms with E-state index in [1.165, 1.54) is 0 Å². The lowest BCUT2D eigenvalue weighted by Crippen LogP contribution is -2.15. The van der Waals surface area contributed by atoms with Crippen LogP contribution in [0.3, 0.4) is 0 Å². The molecule has 2 N–H and O–H groups in total. The molecule has 2 rings (SSSR count). The summed E-state index contributed by atoms with van der Waals surface area (Å²) in [6, 6.07) is 17.5. The molecule has 0 aliphatic carbocycles. The van der Waals surface area contributed by atoms with E-state index in [4.69, 9.17) is 38.9 Å². The van der Waals surface area contributed by atoms with Crippen LogP contribution in [0.4, 0.5) is 5.69 Å². The minimum absolute atomic E-state index is 0.449. The van der Waals surface area contributed by atoms with Crippen LogP contribution in [0, 0.1) is 0 Å². The fourth-order valence-corrected chi connectivity index (χ4v) is 2.69. The van der Waals surface area contributed by atoms with Crippen LogP contribution >= 0.6 is 0 Å². The Morgan fingerprint density at radius 3 is 1.39 bits per heavy atom. The molecular formula is C25H37NO7. The van der Waals surface area contributed by atoms with Gasteiger partial charge in [0.1, 0.15) is 12.4 Å². The number of nitrogen functional groups attached to an aromatic ring is 1. The zero-order valence-electron chi connectivity index (χ0n) is 19.3. The minimum Gasteiger partial charge on any atom is -0.489 e. The second-order valence-corrected chi connectivity index (χ2v) is 6.99. The summed E-state index contributed by atoms with van der Waals surface area (Å²) in [6.07, 6.45) is 0. The Morgan fingerprint density at radius 2 is 0.879 bits per heavy atom. The molecule has 0 fully saturated rings. The Balaban J connectivity index is 1.22. The minimum atomic E-state index is 0.449. The van der Waals surface area contributed by atoms with Gasteiger partial charge in [-0.3, -0.25) is 0 Å². The molecule has 8 heteroatoms. The molecule has 0 amide bonds. The molecule has 0 aliphatic heterocycles. The van der Waals surface area contributed by atoms with Gasteiger partial charge in [0.2, 0.25) is 0 Å². The summed E-state index contributed by atoms with van der Waals surface area (Å²) < 4.78 is 38.4. The van der Waals surface area contributed by atoms with Gasteiger partial charge in [-0.1, -0.05) is 42.5 Å². The van der Waals surface area contributed by atoms with E-state index in [0.717, 1.165) is 5.56 Å². The van der Waals surface area contributed by atoms with E-state index in [2.05, 4.69) is 0 Å². The molecule has 8 nitrogen and oxygen atoms in total. The van der Waals surface area contributed by atoms with Crippen molar-refractivity contribution in [3.63, 3.8) is 0 Å². The molecule has 0 radical (unpaired) electrons. The van der Waals surface area contributed by atoms with Crippen molar-refractivity contribution in [3.05, 3.63) is 60.2 Å². The van der Waals surface area contributed by atoms with E-state index < -0.39 is 0 Å². The predicted octanol–water partition coefficient (Wildman–Crippen LogP) is 2.95. The number of hydrogen-bond donors (Lipinski definition) is 1. The standard InChI is InChI=1S/C25H37NO7/c26-24-8-4-5-9-25(24)33-21-20-31-17-16-29-13-12-27-10-11-28-14-15-30-18-19-32-22-23-6-2-1-3-7-23/h1-9H,10-22,26H2. The summed E-state index contributed by atoms with van der Waals surface area (Å²) in [4.78, 5) is 0. The Morgan fingerprint density at radius 1 is 0.455 bits per heavy atom. The smallest absolute Gasteiger partial charge is 0.142 e. The van der Waals surface area contributed by atoms with Gasteiger partial charge >= 0.3 is 0 Å². The van der Waals surface area contributed by atoms with Gasteiger partial charge in [-0.25, -0.2) is 0 Å². The number of nitrogens with two attached hydrogens (primary N) is 1. The summed E-state index contributed by atoms with van der Waals surface area (Å²) in [5, 5.41) is 0.